The van der Waals surface area contributed by atoms with Gasteiger partial charge < -0.3 is 10.6 Å². The zero-order valence-electron chi connectivity index (χ0n) is 10.8. The normalized spacial score (nSPS) is 19.8. The largest absolute Gasteiger partial charge is 0.339 e. The van der Waals surface area contributed by atoms with Gasteiger partial charge in [0.1, 0.15) is 0 Å². The van der Waals surface area contributed by atoms with Gasteiger partial charge in [0, 0.05) is 38.0 Å². The van der Waals surface area contributed by atoms with Crippen molar-refractivity contribution in [2.45, 2.75) is 12.2 Å². The Morgan fingerprint density at radius 2 is 1.89 bits per heavy atom. The van der Waals surface area contributed by atoms with Crippen LogP contribution in [0.3, 0.4) is 0 Å². The number of nitrogens with two attached hydrogens (primary N) is 1. The molecule has 1 atom stereocenters. The van der Waals surface area contributed by atoms with E-state index in [2.05, 4.69) is 0 Å². The van der Waals surface area contributed by atoms with E-state index in [-0.39, 0.29) is 11.2 Å². The van der Waals surface area contributed by atoms with Gasteiger partial charge in [0.15, 0.2) is 0 Å². The molecule has 18 heavy (non-hydrogen) atoms. The molecule has 1 amide bonds. The van der Waals surface area contributed by atoms with Crippen molar-refractivity contribution in [2.24, 2.45) is 5.73 Å². The maximum absolute atomic E-state index is 11.9. The van der Waals surface area contributed by atoms with E-state index in [9.17, 15) is 13.2 Å². The van der Waals surface area contributed by atoms with Crippen LogP contribution in [0.25, 0.3) is 0 Å². The average molecular weight is 295 g/mol. The van der Waals surface area contributed by atoms with Crippen molar-refractivity contribution in [2.75, 3.05) is 44.7 Å². The number of carbonyl (C=O) groups excluding carboxylic acids is 1. The molecule has 6 nitrogen and oxygen atoms in total. The molecule has 2 N–H and O–H groups in total. The number of amides is 1. The first-order chi connectivity index (χ1) is 8.34. The monoisotopic (exact) mass is 295 g/mol. The molecule has 1 aliphatic rings. The van der Waals surface area contributed by atoms with Crippen molar-refractivity contribution in [1.82, 2.24) is 9.21 Å². The number of carbonyl (C=O) groups is 1. The Balaban J connectivity index is 2.36. The van der Waals surface area contributed by atoms with Crippen LogP contribution in [0.15, 0.2) is 0 Å². The van der Waals surface area contributed by atoms with Crippen LogP contribution in [0.1, 0.15) is 6.92 Å². The number of hydrogen-bond acceptors (Lipinski definition) is 5. The molecule has 0 saturated carbocycles. The quantitative estimate of drug-likeness (QED) is 0.716. The smallest absolute Gasteiger partial charge is 0.232 e. The van der Waals surface area contributed by atoms with E-state index in [4.69, 9.17) is 5.73 Å². The lowest BCUT2D eigenvalue weighted by Gasteiger charge is -2.33. The predicted molar refractivity (Wildman–Crippen MR) is 74.0 cm³/mol. The highest BCUT2D eigenvalue weighted by Crippen LogP contribution is 2.12. The van der Waals surface area contributed by atoms with E-state index in [1.807, 2.05) is 6.92 Å². The van der Waals surface area contributed by atoms with E-state index in [1.54, 1.807) is 4.90 Å². The number of nitrogens with zero attached hydrogens (tertiary/aromatic N) is 2. The minimum absolute atomic E-state index is 0.0634. The molecule has 106 valence electrons. The molecule has 0 aliphatic carbocycles. The van der Waals surface area contributed by atoms with Gasteiger partial charge in [0.2, 0.25) is 15.9 Å². The summed E-state index contributed by atoms with van der Waals surface area (Å²) in [7, 11) is -3.13. The van der Waals surface area contributed by atoms with Crippen LogP contribution >= 0.6 is 11.8 Å². The fourth-order valence-electron chi connectivity index (χ4n) is 1.64. The summed E-state index contributed by atoms with van der Waals surface area (Å²) >= 11 is 1.54. The van der Waals surface area contributed by atoms with Gasteiger partial charge in [-0.2, -0.15) is 4.31 Å². The molecule has 0 aromatic rings. The van der Waals surface area contributed by atoms with Gasteiger partial charge in [-0.1, -0.05) is 6.92 Å². The van der Waals surface area contributed by atoms with Gasteiger partial charge >= 0.3 is 0 Å². The highest BCUT2D eigenvalue weighted by molar-refractivity contribution is 8.00. The molecule has 1 unspecified atom stereocenters. The fraction of sp³-hybridized carbons (Fsp3) is 0.900. The third-order valence-corrected chi connectivity index (χ3v) is 5.36. The zero-order valence-corrected chi connectivity index (χ0v) is 12.5. The number of rotatable bonds is 5. The maximum atomic E-state index is 11.9. The van der Waals surface area contributed by atoms with Crippen LogP contribution in [0.5, 0.6) is 0 Å². The van der Waals surface area contributed by atoms with E-state index in [0.29, 0.717) is 38.5 Å². The van der Waals surface area contributed by atoms with Crippen molar-refractivity contribution in [3.63, 3.8) is 0 Å². The van der Waals surface area contributed by atoms with Crippen molar-refractivity contribution in [3.8, 4) is 0 Å². The lowest BCUT2D eigenvalue weighted by atomic mass is 10.3. The summed E-state index contributed by atoms with van der Waals surface area (Å²) in [5.74, 6) is 0.477. The van der Waals surface area contributed by atoms with Gasteiger partial charge in [0.25, 0.3) is 0 Å². The Kier molecular flexibility index (Phi) is 5.90. The van der Waals surface area contributed by atoms with Crippen LogP contribution in [-0.4, -0.2) is 73.5 Å². The first-order valence-electron chi connectivity index (χ1n) is 5.89. The molecule has 1 saturated heterocycles. The lowest BCUT2D eigenvalue weighted by Crippen LogP contribution is -2.50. The molecule has 0 bridgehead atoms. The summed E-state index contributed by atoms with van der Waals surface area (Å²) in [4.78, 5) is 13.6. The minimum atomic E-state index is -3.13. The molecule has 0 spiro atoms. The van der Waals surface area contributed by atoms with Gasteiger partial charge in [0.05, 0.1) is 12.0 Å². The Bertz CT molecular complexity index is 378. The van der Waals surface area contributed by atoms with Crippen LogP contribution in [-0.2, 0) is 14.8 Å². The summed E-state index contributed by atoms with van der Waals surface area (Å²) < 4.78 is 24.1. The third kappa shape index (κ3) is 4.75. The number of piperazine rings is 1. The first kappa shape index (κ1) is 15.7. The Morgan fingerprint density at radius 3 is 2.33 bits per heavy atom. The molecule has 1 fully saturated rings. The van der Waals surface area contributed by atoms with Crippen LogP contribution < -0.4 is 5.73 Å². The molecule has 8 heteroatoms. The summed E-state index contributed by atoms with van der Waals surface area (Å²) in [6, 6.07) is 0. The highest BCUT2D eigenvalue weighted by atomic mass is 32.2. The average Bonchev–Trinajstić information content (AvgIpc) is 2.34. The summed E-state index contributed by atoms with van der Waals surface area (Å²) in [6.45, 7) is 4.27. The number of thioether (sulfide) groups is 1. The molecule has 0 aromatic carbocycles. The SMILES string of the molecule is CC(CN)SCC(=O)N1CCN(S(C)(=O)=O)CC1. The topological polar surface area (TPSA) is 83.7 Å². The molecule has 0 radical (unpaired) electrons. The fourth-order valence-corrected chi connectivity index (χ4v) is 3.21. The number of sulfonamides is 1. The molecular weight excluding hydrogens is 274 g/mol. The third-order valence-electron chi connectivity index (χ3n) is 2.88. The summed E-state index contributed by atoms with van der Waals surface area (Å²) in [6.07, 6.45) is 1.20. The van der Waals surface area contributed by atoms with Gasteiger partial charge in [-0.3, -0.25) is 4.79 Å². The highest BCUT2D eigenvalue weighted by Gasteiger charge is 2.25. The Labute approximate surface area is 113 Å². The van der Waals surface area contributed by atoms with E-state index in [1.165, 1.54) is 22.3 Å². The maximum Gasteiger partial charge on any atom is 0.232 e. The van der Waals surface area contributed by atoms with Crippen molar-refractivity contribution >= 4 is 27.7 Å². The van der Waals surface area contributed by atoms with E-state index in [0.717, 1.165) is 0 Å². The van der Waals surface area contributed by atoms with Crippen LogP contribution in [0.2, 0.25) is 0 Å². The Morgan fingerprint density at radius 1 is 1.33 bits per heavy atom. The summed E-state index contributed by atoms with van der Waals surface area (Å²) in [5, 5.41) is 0.270. The zero-order chi connectivity index (χ0) is 13.8. The standard InChI is InChI=1S/C10H21N3O3S2/c1-9(7-11)17-8-10(14)12-3-5-13(6-4-12)18(2,15)16/h9H,3-8,11H2,1-2H3. The second kappa shape index (κ2) is 6.74. The molecule has 0 aromatic heterocycles. The lowest BCUT2D eigenvalue weighted by molar-refractivity contribution is -0.129. The molecular formula is C10H21N3O3S2. The van der Waals surface area contributed by atoms with Crippen LogP contribution in [0.4, 0.5) is 0 Å². The van der Waals surface area contributed by atoms with Gasteiger partial charge in [-0.05, 0) is 0 Å². The van der Waals surface area contributed by atoms with Crippen molar-refractivity contribution in [3.05, 3.63) is 0 Å². The predicted octanol–water partition coefficient (Wildman–Crippen LogP) is -0.829. The Hall–Kier alpha value is -0.310. The van der Waals surface area contributed by atoms with Gasteiger partial charge in [-0.15, -0.1) is 11.8 Å². The minimum Gasteiger partial charge on any atom is -0.339 e. The second-order valence-electron chi connectivity index (χ2n) is 4.40. The van der Waals surface area contributed by atoms with Gasteiger partial charge in [-0.25, -0.2) is 8.42 Å². The molecule has 1 rings (SSSR count). The first-order valence-corrected chi connectivity index (χ1v) is 8.79. The van der Waals surface area contributed by atoms with Crippen molar-refractivity contribution in [1.29, 1.82) is 0 Å². The second-order valence-corrected chi connectivity index (χ2v) is 7.81. The van der Waals surface area contributed by atoms with Crippen molar-refractivity contribution < 1.29 is 13.2 Å². The molecule has 1 aliphatic heterocycles. The summed E-state index contributed by atoms with van der Waals surface area (Å²) in [5.41, 5.74) is 5.48. The van der Waals surface area contributed by atoms with E-state index < -0.39 is 10.0 Å². The molecule has 1 heterocycles. The van der Waals surface area contributed by atoms with E-state index >= 15 is 0 Å². The van der Waals surface area contributed by atoms with Crippen LogP contribution in [0, 0.1) is 0 Å². The number of hydrogen-bond donors (Lipinski definition) is 1.